The van der Waals surface area contributed by atoms with Crippen LogP contribution in [-0.2, 0) is 5.41 Å². The average Bonchev–Trinajstić information content (AvgIpc) is 3.77. The molecule has 0 saturated carbocycles. The minimum atomic E-state index is -0.151. The zero-order valence-corrected chi connectivity index (χ0v) is 33.3. The van der Waals surface area contributed by atoms with Gasteiger partial charge in [0.15, 0.2) is 5.82 Å². The van der Waals surface area contributed by atoms with Gasteiger partial charge in [-0.15, -0.1) is 0 Å². The minimum Gasteiger partial charge on any atom is -0.456 e. The molecule has 2 aromatic heterocycles. The van der Waals surface area contributed by atoms with Crippen LogP contribution in [0.3, 0.4) is 0 Å². The van der Waals surface area contributed by atoms with E-state index in [2.05, 4.69) is 202 Å². The highest BCUT2D eigenvalue weighted by Crippen LogP contribution is 2.53. The number of fused-ring (bicyclic) bond motifs is 8. The fraction of sp³-hybridized carbons (Fsp3) is 0.0526. The van der Waals surface area contributed by atoms with Crippen molar-refractivity contribution in [1.82, 2.24) is 9.97 Å². The van der Waals surface area contributed by atoms with Crippen LogP contribution in [0.25, 0.3) is 111 Å². The van der Waals surface area contributed by atoms with E-state index in [1.807, 2.05) is 6.07 Å². The zero-order valence-electron chi connectivity index (χ0n) is 33.3. The number of furan rings is 1. The second-order valence-electron chi connectivity index (χ2n) is 16.6. The summed E-state index contributed by atoms with van der Waals surface area (Å²) in [6.45, 7) is 4.69. The molecule has 0 fully saturated rings. The molecule has 0 atom stereocenters. The number of nitrogens with zero attached hydrogens (tertiary/aromatic N) is 2. The fourth-order valence-electron chi connectivity index (χ4n) is 9.57. The van der Waals surface area contributed by atoms with Crippen LogP contribution in [0.2, 0.25) is 0 Å². The molecule has 282 valence electrons. The van der Waals surface area contributed by atoms with Crippen molar-refractivity contribution < 1.29 is 4.42 Å². The molecule has 11 aromatic rings. The topological polar surface area (TPSA) is 38.9 Å². The van der Waals surface area contributed by atoms with Gasteiger partial charge < -0.3 is 4.42 Å². The number of rotatable bonds is 5. The Morgan fingerprint density at radius 2 is 0.950 bits per heavy atom. The van der Waals surface area contributed by atoms with Gasteiger partial charge in [0.25, 0.3) is 0 Å². The van der Waals surface area contributed by atoms with Crippen molar-refractivity contribution in [2.24, 2.45) is 0 Å². The lowest BCUT2D eigenvalue weighted by molar-refractivity contribution is 0.661. The van der Waals surface area contributed by atoms with E-state index in [0.717, 1.165) is 61.1 Å². The van der Waals surface area contributed by atoms with Crippen molar-refractivity contribution >= 4 is 43.5 Å². The maximum Gasteiger partial charge on any atom is 0.160 e. The van der Waals surface area contributed by atoms with Crippen LogP contribution in [0.5, 0.6) is 0 Å². The van der Waals surface area contributed by atoms with Gasteiger partial charge in [-0.1, -0.05) is 166 Å². The first-order valence-corrected chi connectivity index (χ1v) is 20.6. The first kappa shape index (κ1) is 34.4. The van der Waals surface area contributed by atoms with Gasteiger partial charge in [-0.2, -0.15) is 0 Å². The summed E-state index contributed by atoms with van der Waals surface area (Å²) in [6.07, 6.45) is 0. The van der Waals surface area contributed by atoms with E-state index in [1.54, 1.807) is 0 Å². The molecule has 0 N–H and O–H groups in total. The number of benzene rings is 9. The molecule has 1 aliphatic rings. The van der Waals surface area contributed by atoms with Crippen molar-refractivity contribution in [1.29, 1.82) is 0 Å². The average molecular weight is 767 g/mol. The summed E-state index contributed by atoms with van der Waals surface area (Å²) in [6, 6.07) is 69.5. The van der Waals surface area contributed by atoms with E-state index in [1.165, 1.54) is 54.9 Å². The van der Waals surface area contributed by atoms with Crippen molar-refractivity contribution in [2.75, 3.05) is 0 Å². The van der Waals surface area contributed by atoms with Crippen LogP contribution in [-0.4, -0.2) is 9.97 Å². The maximum atomic E-state index is 6.35. The lowest BCUT2D eigenvalue weighted by Gasteiger charge is -2.22. The third-order valence-corrected chi connectivity index (χ3v) is 12.7. The summed E-state index contributed by atoms with van der Waals surface area (Å²) in [5.74, 6) is 0.710. The molecule has 60 heavy (non-hydrogen) atoms. The van der Waals surface area contributed by atoms with Crippen molar-refractivity contribution in [3.63, 3.8) is 0 Å². The number of hydrogen-bond donors (Lipinski definition) is 0. The van der Waals surface area contributed by atoms with Crippen molar-refractivity contribution in [2.45, 2.75) is 19.3 Å². The Labute approximate surface area is 348 Å². The molecular weight excluding hydrogens is 729 g/mol. The predicted octanol–water partition coefficient (Wildman–Crippen LogP) is 15.3. The molecule has 2 heterocycles. The number of aromatic nitrogens is 2. The van der Waals surface area contributed by atoms with Crippen LogP contribution in [0.4, 0.5) is 0 Å². The molecule has 3 heteroatoms. The van der Waals surface area contributed by atoms with Gasteiger partial charge in [0.05, 0.1) is 11.4 Å². The first-order chi connectivity index (χ1) is 29.5. The smallest absolute Gasteiger partial charge is 0.160 e. The first-order valence-electron chi connectivity index (χ1n) is 20.6. The van der Waals surface area contributed by atoms with Crippen LogP contribution in [0.15, 0.2) is 199 Å². The molecule has 0 amide bonds. The summed E-state index contributed by atoms with van der Waals surface area (Å²) < 4.78 is 6.35. The molecular formula is C57H38N2O. The Morgan fingerprint density at radius 3 is 1.72 bits per heavy atom. The monoisotopic (exact) mass is 766 g/mol. The standard InChI is InChI=1S/C57H38N2O/c1-57(2)49-22-12-21-45(55(49)48-30-39-16-6-8-17-40(39)32-50(48)57)52-34-51(58-56(59-52)37-13-4-3-5-14-37)36-25-23-35(24-26-36)43-19-10-11-20-44(43)42-27-28-53-46(31-42)47-29-38-15-7-9-18-41(38)33-54(47)60-53/h3-34H,1-2H3. The highest BCUT2D eigenvalue weighted by molar-refractivity contribution is 6.11. The highest BCUT2D eigenvalue weighted by atomic mass is 16.3. The van der Waals surface area contributed by atoms with E-state index in [9.17, 15) is 0 Å². The molecule has 0 unspecified atom stereocenters. The van der Waals surface area contributed by atoms with Gasteiger partial charge in [0.1, 0.15) is 11.2 Å². The largest absolute Gasteiger partial charge is 0.456 e. The van der Waals surface area contributed by atoms with Gasteiger partial charge in [-0.25, -0.2) is 9.97 Å². The zero-order chi connectivity index (χ0) is 40.0. The molecule has 12 rings (SSSR count). The lowest BCUT2D eigenvalue weighted by Crippen LogP contribution is -2.14. The van der Waals surface area contributed by atoms with Gasteiger partial charge in [0, 0.05) is 32.9 Å². The van der Waals surface area contributed by atoms with Crippen LogP contribution < -0.4 is 0 Å². The summed E-state index contributed by atoms with van der Waals surface area (Å²) in [7, 11) is 0. The van der Waals surface area contributed by atoms with Crippen molar-refractivity contribution in [3.05, 3.63) is 205 Å². The SMILES string of the molecule is CC1(C)c2cc3ccccc3cc2-c2c(-c3cc(-c4ccc(-c5ccccc5-c5ccc6oc7cc8ccccc8cc7c6c5)cc4)nc(-c4ccccc4)n3)cccc21. The summed E-state index contributed by atoms with van der Waals surface area (Å²) >= 11 is 0. The Hall–Kier alpha value is -7.62. The van der Waals surface area contributed by atoms with E-state index < -0.39 is 0 Å². The molecule has 0 bridgehead atoms. The fourth-order valence-corrected chi connectivity index (χ4v) is 9.57. The third-order valence-electron chi connectivity index (χ3n) is 12.7. The predicted molar refractivity (Wildman–Crippen MR) is 249 cm³/mol. The third kappa shape index (κ3) is 5.43. The summed E-state index contributed by atoms with van der Waals surface area (Å²) in [5, 5.41) is 7.15. The lowest BCUT2D eigenvalue weighted by atomic mass is 9.81. The Morgan fingerprint density at radius 1 is 0.367 bits per heavy atom. The second kappa shape index (κ2) is 13.2. The molecule has 9 aromatic carbocycles. The highest BCUT2D eigenvalue weighted by Gasteiger charge is 2.37. The van der Waals surface area contributed by atoms with Gasteiger partial charge >= 0.3 is 0 Å². The number of hydrogen-bond acceptors (Lipinski definition) is 3. The molecule has 0 aliphatic heterocycles. The molecule has 0 radical (unpaired) electrons. The normalized spacial score (nSPS) is 13.0. The Bertz CT molecular complexity index is 3500. The van der Waals surface area contributed by atoms with Gasteiger partial charge in [-0.05, 0) is 109 Å². The quantitative estimate of drug-likeness (QED) is 0.175. The van der Waals surface area contributed by atoms with E-state index >= 15 is 0 Å². The molecule has 0 saturated heterocycles. The maximum absolute atomic E-state index is 6.35. The van der Waals surface area contributed by atoms with Gasteiger partial charge in [-0.3, -0.25) is 0 Å². The summed E-state index contributed by atoms with van der Waals surface area (Å²) in [5.41, 5.74) is 16.4. The van der Waals surface area contributed by atoms with E-state index in [-0.39, 0.29) is 5.41 Å². The van der Waals surface area contributed by atoms with E-state index in [0.29, 0.717) is 5.82 Å². The second-order valence-corrected chi connectivity index (χ2v) is 16.6. The van der Waals surface area contributed by atoms with Crippen LogP contribution >= 0.6 is 0 Å². The Balaban J connectivity index is 0.964. The van der Waals surface area contributed by atoms with E-state index in [4.69, 9.17) is 14.4 Å². The minimum absolute atomic E-state index is 0.151. The molecule has 0 spiro atoms. The summed E-state index contributed by atoms with van der Waals surface area (Å²) in [4.78, 5) is 10.5. The molecule has 1 aliphatic carbocycles. The van der Waals surface area contributed by atoms with Crippen LogP contribution in [0.1, 0.15) is 25.0 Å². The van der Waals surface area contributed by atoms with Crippen molar-refractivity contribution in [3.8, 4) is 67.3 Å². The van der Waals surface area contributed by atoms with Gasteiger partial charge in [0.2, 0.25) is 0 Å². The Kier molecular flexibility index (Phi) is 7.58. The molecule has 3 nitrogen and oxygen atoms in total. The van der Waals surface area contributed by atoms with Crippen LogP contribution in [0, 0.1) is 0 Å².